The summed E-state index contributed by atoms with van der Waals surface area (Å²) >= 11 is 0. The van der Waals surface area contributed by atoms with Crippen molar-refractivity contribution in [1.82, 2.24) is 20.2 Å². The smallest absolute Gasteiger partial charge is 0.204 e. The van der Waals surface area contributed by atoms with E-state index in [1.165, 1.54) is 11.9 Å². The Kier molecular flexibility index (Phi) is 4.74. The SMILES string of the molecule is COc1ccc(C(=O)Cn2nnc(-c3ccc(C)cc3)n2)c(OC)c1. The predicted molar refractivity (Wildman–Crippen MR) is 91.9 cm³/mol. The molecule has 0 bridgehead atoms. The van der Waals surface area contributed by atoms with Gasteiger partial charge in [0.05, 0.1) is 19.8 Å². The molecule has 0 amide bonds. The molecule has 3 rings (SSSR count). The number of methoxy groups -OCH3 is 2. The number of ether oxygens (including phenoxy) is 2. The molecule has 7 heteroatoms. The summed E-state index contributed by atoms with van der Waals surface area (Å²) in [7, 11) is 3.07. The lowest BCUT2D eigenvalue weighted by atomic mass is 10.1. The van der Waals surface area contributed by atoms with Crippen LogP contribution in [0.3, 0.4) is 0 Å². The third kappa shape index (κ3) is 3.65. The summed E-state index contributed by atoms with van der Waals surface area (Å²) in [4.78, 5) is 13.8. The summed E-state index contributed by atoms with van der Waals surface area (Å²) in [5.74, 6) is 1.37. The lowest BCUT2D eigenvalue weighted by Gasteiger charge is -2.09. The lowest BCUT2D eigenvalue weighted by molar-refractivity contribution is 0.0958. The molecule has 0 saturated heterocycles. The molecule has 128 valence electrons. The Labute approximate surface area is 145 Å². The Balaban J connectivity index is 1.79. The number of nitrogens with zero attached hydrogens (tertiary/aromatic N) is 4. The number of aromatic nitrogens is 4. The number of tetrazole rings is 1. The zero-order valence-electron chi connectivity index (χ0n) is 14.3. The summed E-state index contributed by atoms with van der Waals surface area (Å²) in [5.41, 5.74) is 2.45. The first kappa shape index (κ1) is 16.6. The van der Waals surface area contributed by atoms with Gasteiger partial charge in [0.15, 0.2) is 5.78 Å². The van der Waals surface area contributed by atoms with Crippen LogP contribution in [0, 0.1) is 6.92 Å². The van der Waals surface area contributed by atoms with Crippen molar-refractivity contribution in [2.24, 2.45) is 0 Å². The number of carbonyl (C=O) groups is 1. The number of hydrogen-bond donors (Lipinski definition) is 0. The monoisotopic (exact) mass is 338 g/mol. The average Bonchev–Trinajstić information content (AvgIpc) is 3.10. The molecule has 0 aliphatic heterocycles. The van der Waals surface area contributed by atoms with E-state index < -0.39 is 0 Å². The molecule has 0 aliphatic rings. The van der Waals surface area contributed by atoms with Crippen LogP contribution in [-0.4, -0.2) is 40.2 Å². The van der Waals surface area contributed by atoms with Crippen molar-refractivity contribution in [3.05, 3.63) is 53.6 Å². The molecule has 0 fully saturated rings. The minimum absolute atomic E-state index is 0.0262. The van der Waals surface area contributed by atoms with Gasteiger partial charge < -0.3 is 9.47 Å². The van der Waals surface area contributed by atoms with E-state index in [4.69, 9.17) is 9.47 Å². The van der Waals surface area contributed by atoms with Crippen LogP contribution >= 0.6 is 0 Å². The molecule has 0 spiro atoms. The van der Waals surface area contributed by atoms with Gasteiger partial charge in [0.2, 0.25) is 5.82 Å². The van der Waals surface area contributed by atoms with Gasteiger partial charge in [-0.3, -0.25) is 4.79 Å². The van der Waals surface area contributed by atoms with Crippen molar-refractivity contribution in [3.8, 4) is 22.9 Å². The van der Waals surface area contributed by atoms with E-state index in [9.17, 15) is 4.79 Å². The van der Waals surface area contributed by atoms with Gasteiger partial charge in [-0.25, -0.2) is 0 Å². The van der Waals surface area contributed by atoms with E-state index in [0.29, 0.717) is 22.9 Å². The van der Waals surface area contributed by atoms with Crippen LogP contribution in [0.1, 0.15) is 15.9 Å². The second kappa shape index (κ2) is 7.12. The van der Waals surface area contributed by atoms with Crippen molar-refractivity contribution in [2.45, 2.75) is 13.5 Å². The maximum absolute atomic E-state index is 12.5. The number of hydrogen-bond acceptors (Lipinski definition) is 6. The fraction of sp³-hybridized carbons (Fsp3) is 0.222. The molecular weight excluding hydrogens is 320 g/mol. The summed E-state index contributed by atoms with van der Waals surface area (Å²) in [6, 6.07) is 12.8. The second-order valence-corrected chi connectivity index (χ2v) is 5.50. The van der Waals surface area contributed by atoms with Gasteiger partial charge in [-0.2, -0.15) is 4.80 Å². The van der Waals surface area contributed by atoms with Crippen molar-refractivity contribution >= 4 is 5.78 Å². The Bertz CT molecular complexity index is 888. The van der Waals surface area contributed by atoms with Crippen LogP contribution in [0.4, 0.5) is 0 Å². The van der Waals surface area contributed by atoms with Crippen LogP contribution < -0.4 is 9.47 Å². The van der Waals surface area contributed by atoms with Crippen LogP contribution in [-0.2, 0) is 6.54 Å². The highest BCUT2D eigenvalue weighted by molar-refractivity contribution is 5.98. The number of aryl methyl sites for hydroxylation is 1. The molecule has 1 heterocycles. The van der Waals surface area contributed by atoms with Gasteiger partial charge in [-0.05, 0) is 24.3 Å². The molecule has 2 aromatic carbocycles. The molecule has 0 unspecified atom stereocenters. The highest BCUT2D eigenvalue weighted by atomic mass is 16.5. The molecule has 0 N–H and O–H groups in total. The van der Waals surface area contributed by atoms with Crippen molar-refractivity contribution < 1.29 is 14.3 Å². The van der Waals surface area contributed by atoms with Gasteiger partial charge >= 0.3 is 0 Å². The summed E-state index contributed by atoms with van der Waals surface area (Å²) < 4.78 is 10.4. The molecule has 3 aromatic rings. The molecule has 0 aliphatic carbocycles. The largest absolute Gasteiger partial charge is 0.497 e. The quantitative estimate of drug-likeness (QED) is 0.643. The number of Topliss-reactive ketones (excluding diaryl/α,β-unsaturated/α-hetero) is 1. The minimum atomic E-state index is -0.174. The number of carbonyl (C=O) groups excluding carboxylic acids is 1. The van der Waals surface area contributed by atoms with E-state index in [-0.39, 0.29) is 12.3 Å². The second-order valence-electron chi connectivity index (χ2n) is 5.50. The third-order valence-corrected chi connectivity index (χ3v) is 3.76. The Morgan fingerprint density at radius 3 is 2.52 bits per heavy atom. The molecule has 0 saturated carbocycles. The number of benzene rings is 2. The third-order valence-electron chi connectivity index (χ3n) is 3.76. The maximum Gasteiger partial charge on any atom is 0.204 e. The van der Waals surface area contributed by atoms with Gasteiger partial charge in [0, 0.05) is 11.6 Å². The van der Waals surface area contributed by atoms with Gasteiger partial charge in [0.25, 0.3) is 0 Å². The maximum atomic E-state index is 12.5. The molecule has 7 nitrogen and oxygen atoms in total. The van der Waals surface area contributed by atoms with Crippen molar-refractivity contribution in [1.29, 1.82) is 0 Å². The summed E-state index contributed by atoms with van der Waals surface area (Å²) in [5, 5.41) is 12.2. The van der Waals surface area contributed by atoms with Crippen LogP contribution in [0.25, 0.3) is 11.4 Å². The van der Waals surface area contributed by atoms with E-state index in [1.54, 1.807) is 25.3 Å². The zero-order chi connectivity index (χ0) is 17.8. The molecule has 1 aromatic heterocycles. The first-order valence-corrected chi connectivity index (χ1v) is 7.71. The fourth-order valence-electron chi connectivity index (χ4n) is 2.37. The van der Waals surface area contributed by atoms with E-state index in [1.807, 2.05) is 31.2 Å². The van der Waals surface area contributed by atoms with Crippen molar-refractivity contribution in [3.63, 3.8) is 0 Å². The average molecular weight is 338 g/mol. The minimum Gasteiger partial charge on any atom is -0.497 e. The number of rotatable bonds is 6. The Hall–Kier alpha value is -3.22. The molecule has 25 heavy (non-hydrogen) atoms. The van der Waals surface area contributed by atoms with Crippen molar-refractivity contribution in [2.75, 3.05) is 14.2 Å². The van der Waals surface area contributed by atoms with E-state index in [2.05, 4.69) is 15.4 Å². The topological polar surface area (TPSA) is 79.1 Å². The Morgan fingerprint density at radius 2 is 1.84 bits per heavy atom. The van der Waals surface area contributed by atoms with Crippen LogP contribution in [0.5, 0.6) is 11.5 Å². The highest BCUT2D eigenvalue weighted by Gasteiger charge is 2.16. The molecule has 0 atom stereocenters. The van der Waals surface area contributed by atoms with Gasteiger partial charge in [-0.1, -0.05) is 29.8 Å². The summed E-state index contributed by atoms with van der Waals surface area (Å²) in [6.07, 6.45) is 0. The highest BCUT2D eigenvalue weighted by Crippen LogP contribution is 2.25. The van der Waals surface area contributed by atoms with E-state index >= 15 is 0 Å². The van der Waals surface area contributed by atoms with E-state index in [0.717, 1.165) is 11.1 Å². The Morgan fingerprint density at radius 1 is 1.08 bits per heavy atom. The van der Waals surface area contributed by atoms with Crippen LogP contribution in [0.2, 0.25) is 0 Å². The summed E-state index contributed by atoms with van der Waals surface area (Å²) in [6.45, 7) is 1.98. The first-order chi connectivity index (χ1) is 12.1. The van der Waals surface area contributed by atoms with Gasteiger partial charge in [-0.15, -0.1) is 10.2 Å². The van der Waals surface area contributed by atoms with Crippen LogP contribution in [0.15, 0.2) is 42.5 Å². The predicted octanol–water partition coefficient (Wildman–Crippen LogP) is 2.55. The number of ketones is 1. The fourth-order valence-corrected chi connectivity index (χ4v) is 2.37. The zero-order valence-corrected chi connectivity index (χ0v) is 14.3. The molecular formula is C18H18N4O3. The normalized spacial score (nSPS) is 10.5. The first-order valence-electron chi connectivity index (χ1n) is 7.71. The van der Waals surface area contributed by atoms with Gasteiger partial charge in [0.1, 0.15) is 18.0 Å². The molecule has 0 radical (unpaired) electrons. The lowest BCUT2D eigenvalue weighted by Crippen LogP contribution is -2.14. The standard InChI is InChI=1S/C18H18N4O3/c1-12-4-6-13(7-5-12)18-19-21-22(20-18)11-16(23)15-9-8-14(24-2)10-17(15)25-3/h4-10H,11H2,1-3H3.